The first-order chi connectivity index (χ1) is 18.2. The number of aliphatic hydroxyl groups excluding tert-OH is 1. The predicted molar refractivity (Wildman–Crippen MR) is 147 cm³/mol. The number of benzene rings is 3. The van der Waals surface area contributed by atoms with Gasteiger partial charge in [0.15, 0.2) is 0 Å². The summed E-state index contributed by atoms with van der Waals surface area (Å²) in [6, 6.07) is 15.9. The Morgan fingerprint density at radius 3 is 2.50 bits per heavy atom. The van der Waals surface area contributed by atoms with Crippen molar-refractivity contribution in [3.8, 4) is 16.8 Å². The number of alkyl halides is 2. The van der Waals surface area contributed by atoms with E-state index in [4.69, 9.17) is 17.3 Å². The molecule has 0 aliphatic heterocycles. The number of aryl methyl sites for hydroxylation is 1. The summed E-state index contributed by atoms with van der Waals surface area (Å²) in [4.78, 5) is 4.62. The molecule has 4 rings (SSSR count). The third-order valence-electron chi connectivity index (χ3n) is 6.10. The number of hydrogen-bond acceptors (Lipinski definition) is 5. The van der Waals surface area contributed by atoms with Crippen LogP contribution in [0.25, 0.3) is 22.5 Å². The molecule has 0 aliphatic carbocycles. The quantitative estimate of drug-likeness (QED) is 0.196. The van der Waals surface area contributed by atoms with Crippen molar-refractivity contribution < 1.29 is 18.3 Å². The van der Waals surface area contributed by atoms with E-state index in [-0.39, 0.29) is 11.3 Å². The Bertz CT molecular complexity index is 1470. The number of hydrogen-bond donors (Lipinski definition) is 3. The van der Waals surface area contributed by atoms with Crippen LogP contribution in [0, 0.1) is 12.7 Å². The van der Waals surface area contributed by atoms with E-state index in [0.717, 1.165) is 5.56 Å². The zero-order chi connectivity index (χ0) is 27.4. The molecule has 0 atom stereocenters. The first-order valence-corrected chi connectivity index (χ1v) is 13.2. The van der Waals surface area contributed by atoms with Crippen LogP contribution in [-0.2, 0) is 13.2 Å². The smallest absolute Gasteiger partial charge is 0.281 e. The molecule has 0 fully saturated rings. The van der Waals surface area contributed by atoms with Crippen LogP contribution < -0.4 is 11.1 Å². The van der Waals surface area contributed by atoms with Gasteiger partial charge in [-0.2, -0.15) is 0 Å². The van der Waals surface area contributed by atoms with E-state index in [1.165, 1.54) is 30.2 Å². The standard InChI is InChI=1S/C28H26ClF3N4OS/c1-16-35-25(28(31)32)14-36(16)26-8-5-18(19-10-23(30)22(15-37)27(11-19)38-2)9-21(26)24(12-33)34-13-17-3-6-20(29)7-4-17/h3-12,14,28,34,37H,13,15,33H2,1-2H3/b24-12-. The molecule has 198 valence electrons. The Morgan fingerprint density at radius 2 is 1.89 bits per heavy atom. The molecule has 38 heavy (non-hydrogen) atoms. The molecule has 0 aliphatic rings. The predicted octanol–water partition coefficient (Wildman–Crippen LogP) is 6.84. The van der Waals surface area contributed by atoms with Gasteiger partial charge in [0.25, 0.3) is 6.43 Å². The van der Waals surface area contributed by atoms with E-state index in [2.05, 4.69) is 10.3 Å². The molecular formula is C28H26ClF3N4OS. The lowest BCUT2D eigenvalue weighted by molar-refractivity contribution is 0.146. The van der Waals surface area contributed by atoms with Crippen LogP contribution in [0.5, 0.6) is 0 Å². The SMILES string of the molecule is CSc1cc(-c2ccc(-n3cc(C(F)F)nc3C)c(/C(=C/N)NCc3ccc(Cl)cc3)c2)cc(F)c1CO. The van der Waals surface area contributed by atoms with Crippen LogP contribution in [0.1, 0.15) is 34.6 Å². The fourth-order valence-corrected chi connectivity index (χ4v) is 4.92. The average Bonchev–Trinajstić information content (AvgIpc) is 3.31. The number of imidazole rings is 1. The zero-order valence-corrected chi connectivity index (χ0v) is 22.3. The Kier molecular flexibility index (Phi) is 8.71. The molecular weight excluding hydrogens is 533 g/mol. The van der Waals surface area contributed by atoms with Crippen molar-refractivity contribution in [2.45, 2.75) is 31.4 Å². The van der Waals surface area contributed by atoms with Gasteiger partial charge in [-0.05, 0) is 66.3 Å². The lowest BCUT2D eigenvalue weighted by Crippen LogP contribution is -2.15. The number of halogens is 4. The average molecular weight is 559 g/mol. The van der Waals surface area contributed by atoms with E-state index < -0.39 is 18.8 Å². The molecule has 1 heterocycles. The number of rotatable bonds is 9. The number of aromatic nitrogens is 2. The van der Waals surface area contributed by atoms with Gasteiger partial charge in [-0.25, -0.2) is 18.2 Å². The summed E-state index contributed by atoms with van der Waals surface area (Å²) in [6.07, 6.45) is 1.79. The molecule has 0 bridgehead atoms. The van der Waals surface area contributed by atoms with Gasteiger partial charge in [0.1, 0.15) is 17.3 Å². The minimum Gasteiger partial charge on any atom is -0.403 e. The molecule has 4 N–H and O–H groups in total. The van der Waals surface area contributed by atoms with Gasteiger partial charge in [0.2, 0.25) is 0 Å². The van der Waals surface area contributed by atoms with Gasteiger partial charge in [0, 0.05) is 40.0 Å². The van der Waals surface area contributed by atoms with E-state index in [1.807, 2.05) is 30.5 Å². The van der Waals surface area contributed by atoms with Crippen molar-refractivity contribution >= 4 is 29.1 Å². The van der Waals surface area contributed by atoms with Crippen molar-refractivity contribution in [1.82, 2.24) is 14.9 Å². The van der Waals surface area contributed by atoms with Crippen molar-refractivity contribution in [2.75, 3.05) is 6.26 Å². The first kappa shape index (κ1) is 27.6. The number of nitrogens with one attached hydrogen (secondary N) is 1. The van der Waals surface area contributed by atoms with Crippen molar-refractivity contribution in [2.24, 2.45) is 5.73 Å². The Morgan fingerprint density at radius 1 is 1.16 bits per heavy atom. The van der Waals surface area contributed by atoms with Gasteiger partial charge < -0.3 is 20.7 Å². The molecule has 5 nitrogen and oxygen atoms in total. The zero-order valence-electron chi connectivity index (χ0n) is 20.7. The minimum atomic E-state index is -2.72. The summed E-state index contributed by atoms with van der Waals surface area (Å²) in [7, 11) is 0. The summed E-state index contributed by atoms with van der Waals surface area (Å²) in [5.74, 6) is -0.131. The van der Waals surface area contributed by atoms with Crippen LogP contribution >= 0.6 is 23.4 Å². The number of nitrogens with two attached hydrogens (primary N) is 1. The van der Waals surface area contributed by atoms with Gasteiger partial charge in [0.05, 0.1) is 18.0 Å². The van der Waals surface area contributed by atoms with Crippen LogP contribution in [0.3, 0.4) is 0 Å². The van der Waals surface area contributed by atoms with E-state index >= 15 is 0 Å². The van der Waals surface area contributed by atoms with Crippen LogP contribution in [0.15, 0.2) is 71.9 Å². The Hall–Kier alpha value is -3.40. The summed E-state index contributed by atoms with van der Waals surface area (Å²) in [5, 5.41) is 13.5. The molecule has 1 aromatic heterocycles. The van der Waals surface area contributed by atoms with Gasteiger partial charge >= 0.3 is 0 Å². The van der Waals surface area contributed by atoms with Crippen LogP contribution in [-0.4, -0.2) is 20.9 Å². The molecule has 0 amide bonds. The fourth-order valence-electron chi connectivity index (χ4n) is 4.14. The number of nitrogens with zero attached hydrogens (tertiary/aromatic N) is 2. The molecule has 0 spiro atoms. The molecule has 4 aromatic rings. The normalized spacial score (nSPS) is 11.8. The summed E-state index contributed by atoms with van der Waals surface area (Å²) < 4.78 is 43.2. The van der Waals surface area contributed by atoms with E-state index in [1.54, 1.807) is 35.8 Å². The topological polar surface area (TPSA) is 76.1 Å². The second-order valence-electron chi connectivity index (χ2n) is 8.47. The maximum absolute atomic E-state index is 14.8. The maximum atomic E-state index is 14.8. The molecule has 10 heteroatoms. The van der Waals surface area contributed by atoms with Gasteiger partial charge in [-0.3, -0.25) is 0 Å². The van der Waals surface area contributed by atoms with Gasteiger partial charge in [-0.1, -0.05) is 29.8 Å². The number of thioether (sulfide) groups is 1. The lowest BCUT2D eigenvalue weighted by Gasteiger charge is -2.18. The number of aliphatic hydroxyl groups is 1. The molecule has 3 aromatic carbocycles. The maximum Gasteiger partial charge on any atom is 0.281 e. The molecule has 0 saturated carbocycles. The fraction of sp³-hybridized carbons (Fsp3) is 0.179. The molecule has 0 unspecified atom stereocenters. The summed E-state index contributed by atoms with van der Waals surface area (Å²) in [6.45, 7) is 1.66. The van der Waals surface area contributed by atoms with Gasteiger partial charge in [-0.15, -0.1) is 11.8 Å². The highest BCUT2D eigenvalue weighted by Crippen LogP contribution is 2.34. The Balaban J connectivity index is 1.83. The van der Waals surface area contributed by atoms with Crippen molar-refractivity contribution in [1.29, 1.82) is 0 Å². The Labute approximate surface area is 228 Å². The third-order valence-corrected chi connectivity index (χ3v) is 7.16. The molecule has 0 saturated heterocycles. The largest absolute Gasteiger partial charge is 0.403 e. The molecule has 0 radical (unpaired) electrons. The monoisotopic (exact) mass is 558 g/mol. The highest BCUT2D eigenvalue weighted by atomic mass is 35.5. The van der Waals surface area contributed by atoms with E-state index in [9.17, 15) is 18.3 Å². The minimum absolute atomic E-state index is 0.235. The second kappa shape index (κ2) is 12.0. The summed E-state index contributed by atoms with van der Waals surface area (Å²) >= 11 is 7.33. The van der Waals surface area contributed by atoms with E-state index in [0.29, 0.717) is 50.4 Å². The summed E-state index contributed by atoms with van der Waals surface area (Å²) in [5.41, 5.74) is 9.90. The van der Waals surface area contributed by atoms with Crippen LogP contribution in [0.4, 0.5) is 13.2 Å². The van der Waals surface area contributed by atoms with Crippen molar-refractivity contribution in [3.05, 3.63) is 106 Å². The van der Waals surface area contributed by atoms with Crippen molar-refractivity contribution in [3.63, 3.8) is 0 Å². The third kappa shape index (κ3) is 5.85. The highest BCUT2D eigenvalue weighted by Gasteiger charge is 2.19. The lowest BCUT2D eigenvalue weighted by atomic mass is 9.98. The first-order valence-electron chi connectivity index (χ1n) is 11.6. The second-order valence-corrected chi connectivity index (χ2v) is 9.76. The van der Waals surface area contributed by atoms with Crippen LogP contribution in [0.2, 0.25) is 5.02 Å². The highest BCUT2D eigenvalue weighted by molar-refractivity contribution is 7.98.